The molecule has 1 aliphatic rings. The predicted octanol–water partition coefficient (Wildman–Crippen LogP) is 1.48. The number of carbonyl (C=O) groups is 1. The van der Waals surface area contributed by atoms with E-state index >= 15 is 0 Å². The maximum Gasteiger partial charge on any atom is 0.239 e. The molecule has 1 unspecified atom stereocenters. The SMILES string of the molecule is COCCCC(N)C(=O)N1CCSC(C)(C)CC1. The van der Waals surface area contributed by atoms with Gasteiger partial charge in [-0.05, 0) is 19.3 Å². The number of rotatable bonds is 5. The van der Waals surface area contributed by atoms with E-state index in [4.69, 9.17) is 10.5 Å². The van der Waals surface area contributed by atoms with Gasteiger partial charge in [0.25, 0.3) is 0 Å². The molecule has 0 spiro atoms. The molecule has 0 aromatic rings. The second-order valence-corrected chi connectivity index (χ2v) is 7.23. The number of amides is 1. The van der Waals surface area contributed by atoms with Crippen LogP contribution in [0.5, 0.6) is 0 Å². The van der Waals surface area contributed by atoms with Gasteiger partial charge in [0.2, 0.25) is 5.91 Å². The van der Waals surface area contributed by atoms with Crippen LogP contribution in [-0.4, -0.2) is 54.2 Å². The molecule has 2 N–H and O–H groups in total. The molecule has 0 radical (unpaired) electrons. The van der Waals surface area contributed by atoms with Crippen LogP contribution < -0.4 is 5.73 Å². The molecule has 0 aromatic heterocycles. The van der Waals surface area contributed by atoms with Crippen LogP contribution in [0.4, 0.5) is 0 Å². The van der Waals surface area contributed by atoms with E-state index in [9.17, 15) is 4.79 Å². The number of hydrogen-bond donors (Lipinski definition) is 1. The Kier molecular flexibility index (Phi) is 6.46. The van der Waals surface area contributed by atoms with Crippen molar-refractivity contribution in [3.05, 3.63) is 0 Å². The van der Waals surface area contributed by atoms with Gasteiger partial charge in [0.15, 0.2) is 0 Å². The third-order valence-corrected chi connectivity index (χ3v) is 4.70. The van der Waals surface area contributed by atoms with Crippen molar-refractivity contribution in [3.63, 3.8) is 0 Å². The normalized spacial score (nSPS) is 21.4. The van der Waals surface area contributed by atoms with Crippen LogP contribution in [0.25, 0.3) is 0 Å². The summed E-state index contributed by atoms with van der Waals surface area (Å²) in [4.78, 5) is 14.1. The molecule has 0 aromatic carbocycles. The Hall–Kier alpha value is -0.260. The van der Waals surface area contributed by atoms with Gasteiger partial charge in [0, 0.05) is 37.3 Å². The molecule has 5 heteroatoms. The smallest absolute Gasteiger partial charge is 0.239 e. The van der Waals surface area contributed by atoms with Gasteiger partial charge in [-0.1, -0.05) is 13.8 Å². The molecule has 1 fully saturated rings. The first kappa shape index (κ1) is 15.8. The van der Waals surface area contributed by atoms with Crippen LogP contribution in [0, 0.1) is 0 Å². The Morgan fingerprint density at radius 1 is 1.50 bits per heavy atom. The Labute approximate surface area is 115 Å². The topological polar surface area (TPSA) is 55.6 Å². The Balaban J connectivity index is 2.41. The maximum atomic E-state index is 12.2. The first-order valence-corrected chi connectivity index (χ1v) is 7.62. The van der Waals surface area contributed by atoms with Crippen LogP contribution in [0.15, 0.2) is 0 Å². The molecule has 1 amide bonds. The number of methoxy groups -OCH3 is 1. The lowest BCUT2D eigenvalue weighted by molar-refractivity contribution is -0.132. The van der Waals surface area contributed by atoms with Gasteiger partial charge >= 0.3 is 0 Å². The zero-order valence-electron chi connectivity index (χ0n) is 11.8. The van der Waals surface area contributed by atoms with Gasteiger partial charge in [-0.15, -0.1) is 0 Å². The average molecular weight is 274 g/mol. The van der Waals surface area contributed by atoms with Crippen molar-refractivity contribution in [2.45, 2.75) is 43.9 Å². The van der Waals surface area contributed by atoms with E-state index in [0.717, 1.165) is 31.7 Å². The summed E-state index contributed by atoms with van der Waals surface area (Å²) in [5, 5.41) is 0. The minimum atomic E-state index is -0.369. The minimum absolute atomic E-state index is 0.101. The summed E-state index contributed by atoms with van der Waals surface area (Å²) in [5.74, 6) is 1.10. The molecular formula is C13H26N2O2S. The summed E-state index contributed by atoms with van der Waals surface area (Å²) in [5.41, 5.74) is 5.95. The van der Waals surface area contributed by atoms with Crippen LogP contribution in [0.1, 0.15) is 33.1 Å². The number of carbonyl (C=O) groups excluding carboxylic acids is 1. The molecular weight excluding hydrogens is 248 g/mol. The number of nitrogens with zero attached hydrogens (tertiary/aromatic N) is 1. The Bertz CT molecular complexity index is 272. The zero-order chi connectivity index (χ0) is 13.6. The summed E-state index contributed by atoms with van der Waals surface area (Å²) in [7, 11) is 1.67. The first-order chi connectivity index (χ1) is 8.46. The molecule has 0 aliphatic carbocycles. The number of thioether (sulfide) groups is 1. The van der Waals surface area contributed by atoms with E-state index in [1.807, 2.05) is 16.7 Å². The van der Waals surface area contributed by atoms with Crippen molar-refractivity contribution in [2.75, 3.05) is 32.6 Å². The van der Waals surface area contributed by atoms with Crippen molar-refractivity contribution in [2.24, 2.45) is 5.73 Å². The van der Waals surface area contributed by atoms with Gasteiger partial charge in [0.1, 0.15) is 0 Å². The molecule has 106 valence electrons. The summed E-state index contributed by atoms with van der Waals surface area (Å²) in [6.45, 7) is 6.81. The second kappa shape index (κ2) is 7.36. The largest absolute Gasteiger partial charge is 0.385 e. The maximum absolute atomic E-state index is 12.2. The zero-order valence-corrected chi connectivity index (χ0v) is 12.6. The predicted molar refractivity (Wildman–Crippen MR) is 76.8 cm³/mol. The minimum Gasteiger partial charge on any atom is -0.385 e. The van der Waals surface area contributed by atoms with Gasteiger partial charge in [-0.3, -0.25) is 4.79 Å². The standard InChI is InChI=1S/C13H26N2O2S/c1-13(2)6-7-15(8-10-18-13)12(16)11(14)5-4-9-17-3/h11H,4-10,14H2,1-3H3. The molecule has 1 saturated heterocycles. The van der Waals surface area contributed by atoms with E-state index in [0.29, 0.717) is 13.0 Å². The summed E-state index contributed by atoms with van der Waals surface area (Å²) in [6.07, 6.45) is 2.59. The summed E-state index contributed by atoms with van der Waals surface area (Å²) < 4.78 is 5.25. The highest BCUT2D eigenvalue weighted by molar-refractivity contribution is 8.00. The van der Waals surface area contributed by atoms with Crippen molar-refractivity contribution >= 4 is 17.7 Å². The molecule has 1 heterocycles. The second-order valence-electron chi connectivity index (χ2n) is 5.42. The van der Waals surface area contributed by atoms with E-state index in [1.165, 1.54) is 0 Å². The molecule has 0 saturated carbocycles. The highest BCUT2D eigenvalue weighted by Gasteiger charge is 2.27. The lowest BCUT2D eigenvalue weighted by Gasteiger charge is -2.25. The van der Waals surface area contributed by atoms with Crippen LogP contribution >= 0.6 is 11.8 Å². The third-order valence-electron chi connectivity index (χ3n) is 3.33. The Morgan fingerprint density at radius 2 is 2.22 bits per heavy atom. The fourth-order valence-corrected chi connectivity index (χ4v) is 3.15. The summed E-state index contributed by atoms with van der Waals surface area (Å²) in [6, 6.07) is -0.369. The van der Waals surface area contributed by atoms with Crippen LogP contribution in [0.2, 0.25) is 0 Å². The monoisotopic (exact) mass is 274 g/mol. The average Bonchev–Trinajstić information content (AvgIpc) is 2.49. The van der Waals surface area contributed by atoms with Gasteiger partial charge in [-0.25, -0.2) is 0 Å². The van der Waals surface area contributed by atoms with E-state index in [-0.39, 0.29) is 16.7 Å². The molecule has 1 rings (SSSR count). The number of ether oxygens (including phenoxy) is 1. The van der Waals surface area contributed by atoms with E-state index < -0.39 is 0 Å². The van der Waals surface area contributed by atoms with Gasteiger partial charge in [-0.2, -0.15) is 11.8 Å². The number of nitrogens with two attached hydrogens (primary N) is 1. The van der Waals surface area contributed by atoms with Crippen LogP contribution in [-0.2, 0) is 9.53 Å². The third kappa shape index (κ3) is 5.16. The fraction of sp³-hybridized carbons (Fsp3) is 0.923. The van der Waals surface area contributed by atoms with Crippen molar-refractivity contribution in [1.82, 2.24) is 4.90 Å². The van der Waals surface area contributed by atoms with Crippen LogP contribution in [0.3, 0.4) is 0 Å². The molecule has 18 heavy (non-hydrogen) atoms. The quantitative estimate of drug-likeness (QED) is 0.772. The Morgan fingerprint density at radius 3 is 2.89 bits per heavy atom. The van der Waals surface area contributed by atoms with Gasteiger partial charge in [0.05, 0.1) is 6.04 Å². The van der Waals surface area contributed by atoms with E-state index in [2.05, 4.69) is 13.8 Å². The van der Waals surface area contributed by atoms with Crippen molar-refractivity contribution < 1.29 is 9.53 Å². The molecule has 4 nitrogen and oxygen atoms in total. The van der Waals surface area contributed by atoms with Gasteiger partial charge < -0.3 is 15.4 Å². The summed E-state index contributed by atoms with van der Waals surface area (Å²) >= 11 is 1.94. The number of hydrogen-bond acceptors (Lipinski definition) is 4. The molecule has 1 atom stereocenters. The molecule has 1 aliphatic heterocycles. The highest BCUT2D eigenvalue weighted by atomic mass is 32.2. The lowest BCUT2D eigenvalue weighted by Crippen LogP contribution is -2.45. The van der Waals surface area contributed by atoms with Crippen molar-refractivity contribution in [3.8, 4) is 0 Å². The molecule has 0 bridgehead atoms. The van der Waals surface area contributed by atoms with E-state index in [1.54, 1.807) is 7.11 Å². The fourth-order valence-electron chi connectivity index (χ4n) is 2.05. The lowest BCUT2D eigenvalue weighted by atomic mass is 10.1. The first-order valence-electron chi connectivity index (χ1n) is 6.63. The highest BCUT2D eigenvalue weighted by Crippen LogP contribution is 2.30. The van der Waals surface area contributed by atoms with Crippen molar-refractivity contribution in [1.29, 1.82) is 0 Å².